The van der Waals surface area contributed by atoms with Crippen LogP contribution in [0.2, 0.25) is 0 Å². The minimum Gasteiger partial charge on any atom is -0.323 e. The molecule has 1 unspecified atom stereocenters. The molecule has 0 bridgehead atoms. The monoisotopic (exact) mass is 292 g/mol. The lowest BCUT2D eigenvalue weighted by Gasteiger charge is -2.35. The SMILES string of the molecule is CCn1cc(CCN2C(=O)NC(C)(C(C)(C)C)C2=O)cn1. The number of carbonyl (C=O) groups excluding carboxylic acids is 2. The molecule has 3 amide bonds. The average molecular weight is 292 g/mol. The predicted molar refractivity (Wildman–Crippen MR) is 79.7 cm³/mol. The summed E-state index contributed by atoms with van der Waals surface area (Å²) in [5.74, 6) is -0.150. The summed E-state index contributed by atoms with van der Waals surface area (Å²) in [6.07, 6.45) is 4.35. The lowest BCUT2D eigenvalue weighted by Crippen LogP contribution is -2.54. The number of nitrogens with zero attached hydrogens (tertiary/aromatic N) is 3. The Morgan fingerprint density at radius 2 is 2.00 bits per heavy atom. The molecular formula is C15H24N4O2. The molecular weight excluding hydrogens is 268 g/mol. The van der Waals surface area contributed by atoms with Gasteiger partial charge in [0, 0.05) is 19.3 Å². The van der Waals surface area contributed by atoms with Crippen molar-refractivity contribution in [1.29, 1.82) is 0 Å². The van der Waals surface area contributed by atoms with Crippen molar-refractivity contribution in [2.75, 3.05) is 6.54 Å². The van der Waals surface area contributed by atoms with Gasteiger partial charge < -0.3 is 5.32 Å². The third-order valence-corrected chi connectivity index (χ3v) is 4.41. The quantitative estimate of drug-likeness (QED) is 0.861. The number of aromatic nitrogens is 2. The van der Waals surface area contributed by atoms with Crippen LogP contribution in [0.15, 0.2) is 12.4 Å². The van der Waals surface area contributed by atoms with E-state index in [1.807, 2.05) is 38.6 Å². The summed E-state index contributed by atoms with van der Waals surface area (Å²) in [5, 5.41) is 7.04. The summed E-state index contributed by atoms with van der Waals surface area (Å²) < 4.78 is 1.83. The van der Waals surface area contributed by atoms with Gasteiger partial charge in [0.2, 0.25) is 0 Å². The molecule has 2 rings (SSSR count). The van der Waals surface area contributed by atoms with Crippen LogP contribution < -0.4 is 5.32 Å². The number of hydrogen-bond acceptors (Lipinski definition) is 3. The van der Waals surface area contributed by atoms with Gasteiger partial charge in [-0.3, -0.25) is 14.4 Å². The highest BCUT2D eigenvalue weighted by molar-refractivity contribution is 6.07. The molecule has 0 aliphatic carbocycles. The summed E-state index contributed by atoms with van der Waals surface area (Å²) in [5.41, 5.74) is -0.152. The molecule has 1 atom stereocenters. The molecule has 1 aromatic rings. The first-order chi connectivity index (χ1) is 9.69. The predicted octanol–water partition coefficient (Wildman–Crippen LogP) is 1.80. The Hall–Kier alpha value is -1.85. The van der Waals surface area contributed by atoms with Crippen molar-refractivity contribution in [3.05, 3.63) is 18.0 Å². The topological polar surface area (TPSA) is 67.2 Å². The van der Waals surface area contributed by atoms with Gasteiger partial charge in [-0.05, 0) is 31.2 Å². The van der Waals surface area contributed by atoms with Crippen molar-refractivity contribution in [3.63, 3.8) is 0 Å². The number of amides is 3. The molecule has 1 fully saturated rings. The molecule has 1 aliphatic rings. The van der Waals surface area contributed by atoms with Crippen molar-refractivity contribution in [3.8, 4) is 0 Å². The Kier molecular flexibility index (Phi) is 3.82. The molecule has 1 saturated heterocycles. The van der Waals surface area contributed by atoms with E-state index in [1.165, 1.54) is 4.90 Å². The summed E-state index contributed by atoms with van der Waals surface area (Å²) >= 11 is 0. The number of imide groups is 1. The molecule has 0 radical (unpaired) electrons. The summed E-state index contributed by atoms with van der Waals surface area (Å²) in [6, 6.07) is -0.305. The maximum atomic E-state index is 12.6. The van der Waals surface area contributed by atoms with Gasteiger partial charge in [0.1, 0.15) is 5.54 Å². The van der Waals surface area contributed by atoms with Crippen LogP contribution in [-0.2, 0) is 17.8 Å². The zero-order chi connectivity index (χ0) is 15.8. The normalized spacial score (nSPS) is 22.8. The second kappa shape index (κ2) is 5.16. The molecule has 1 aliphatic heterocycles. The standard InChI is InChI=1S/C15H24N4O2/c1-6-18-10-11(9-16-18)7-8-19-12(20)15(5,14(2,3)4)17-13(19)21/h9-10H,6-8H2,1-5H3,(H,17,21). The van der Waals surface area contributed by atoms with E-state index in [2.05, 4.69) is 10.4 Å². The summed E-state index contributed by atoms with van der Waals surface area (Å²) in [4.78, 5) is 26.0. The van der Waals surface area contributed by atoms with Gasteiger partial charge in [-0.1, -0.05) is 20.8 Å². The molecule has 116 valence electrons. The Labute approximate surface area is 125 Å². The number of aryl methyl sites for hydroxylation is 1. The zero-order valence-corrected chi connectivity index (χ0v) is 13.4. The van der Waals surface area contributed by atoms with E-state index in [0.717, 1.165) is 12.1 Å². The highest BCUT2D eigenvalue weighted by atomic mass is 16.2. The molecule has 1 N–H and O–H groups in total. The first-order valence-corrected chi connectivity index (χ1v) is 7.34. The Balaban J connectivity index is 2.07. The number of carbonyl (C=O) groups is 2. The van der Waals surface area contributed by atoms with E-state index in [9.17, 15) is 9.59 Å². The number of rotatable bonds is 4. The van der Waals surface area contributed by atoms with Crippen LogP contribution in [0.25, 0.3) is 0 Å². The van der Waals surface area contributed by atoms with Crippen molar-refractivity contribution < 1.29 is 9.59 Å². The first-order valence-electron chi connectivity index (χ1n) is 7.34. The van der Waals surface area contributed by atoms with Crippen LogP contribution in [-0.4, -0.2) is 38.7 Å². The maximum absolute atomic E-state index is 12.6. The number of nitrogens with one attached hydrogen (secondary N) is 1. The van der Waals surface area contributed by atoms with Crippen molar-refractivity contribution >= 4 is 11.9 Å². The molecule has 0 saturated carbocycles. The highest BCUT2D eigenvalue weighted by Crippen LogP contribution is 2.35. The second-order valence-electron chi connectivity index (χ2n) is 6.72. The van der Waals surface area contributed by atoms with Gasteiger partial charge in [-0.15, -0.1) is 0 Å². The van der Waals surface area contributed by atoms with Crippen molar-refractivity contribution in [2.24, 2.45) is 5.41 Å². The van der Waals surface area contributed by atoms with E-state index in [0.29, 0.717) is 13.0 Å². The van der Waals surface area contributed by atoms with Gasteiger partial charge in [-0.25, -0.2) is 4.79 Å². The minimum absolute atomic E-state index is 0.150. The van der Waals surface area contributed by atoms with Gasteiger partial charge >= 0.3 is 6.03 Å². The van der Waals surface area contributed by atoms with E-state index in [1.54, 1.807) is 13.1 Å². The molecule has 2 heterocycles. The van der Waals surface area contributed by atoms with Gasteiger partial charge in [-0.2, -0.15) is 5.10 Å². The van der Waals surface area contributed by atoms with E-state index >= 15 is 0 Å². The third kappa shape index (κ3) is 2.66. The first kappa shape index (κ1) is 15.5. The second-order valence-corrected chi connectivity index (χ2v) is 6.72. The van der Waals surface area contributed by atoms with E-state index < -0.39 is 5.54 Å². The van der Waals surface area contributed by atoms with Crippen LogP contribution in [0.3, 0.4) is 0 Å². The molecule has 1 aromatic heterocycles. The fourth-order valence-electron chi connectivity index (χ4n) is 2.36. The fraction of sp³-hybridized carbons (Fsp3) is 0.667. The molecule has 0 spiro atoms. The summed E-state index contributed by atoms with van der Waals surface area (Å²) in [7, 11) is 0. The summed E-state index contributed by atoms with van der Waals surface area (Å²) in [6.45, 7) is 10.9. The largest absolute Gasteiger partial charge is 0.325 e. The Morgan fingerprint density at radius 3 is 2.48 bits per heavy atom. The van der Waals surface area contributed by atoms with Crippen LogP contribution in [0, 0.1) is 5.41 Å². The van der Waals surface area contributed by atoms with Crippen LogP contribution in [0.5, 0.6) is 0 Å². The molecule has 0 aromatic carbocycles. The van der Waals surface area contributed by atoms with Crippen molar-refractivity contribution in [2.45, 2.75) is 53.1 Å². The lowest BCUT2D eigenvalue weighted by molar-refractivity contribution is -0.134. The van der Waals surface area contributed by atoms with Gasteiger partial charge in [0.05, 0.1) is 6.20 Å². The molecule has 6 heteroatoms. The minimum atomic E-state index is -0.850. The van der Waals surface area contributed by atoms with Crippen LogP contribution in [0.4, 0.5) is 4.79 Å². The lowest BCUT2D eigenvalue weighted by atomic mass is 9.75. The average Bonchev–Trinajstić information content (AvgIpc) is 2.92. The third-order valence-electron chi connectivity index (χ3n) is 4.41. The fourth-order valence-corrected chi connectivity index (χ4v) is 2.36. The number of urea groups is 1. The molecule has 21 heavy (non-hydrogen) atoms. The smallest absolute Gasteiger partial charge is 0.323 e. The highest BCUT2D eigenvalue weighted by Gasteiger charge is 2.54. The Morgan fingerprint density at radius 1 is 1.33 bits per heavy atom. The van der Waals surface area contributed by atoms with Crippen LogP contribution in [0.1, 0.15) is 40.2 Å². The van der Waals surface area contributed by atoms with Gasteiger partial charge in [0.25, 0.3) is 5.91 Å². The van der Waals surface area contributed by atoms with Gasteiger partial charge in [0.15, 0.2) is 0 Å². The Bertz CT molecular complexity index is 558. The maximum Gasteiger partial charge on any atom is 0.325 e. The van der Waals surface area contributed by atoms with Crippen molar-refractivity contribution in [1.82, 2.24) is 20.0 Å². The van der Waals surface area contributed by atoms with E-state index in [4.69, 9.17) is 0 Å². The number of hydrogen-bond donors (Lipinski definition) is 1. The molecule has 6 nitrogen and oxygen atoms in total. The van der Waals surface area contributed by atoms with E-state index in [-0.39, 0.29) is 17.4 Å². The zero-order valence-electron chi connectivity index (χ0n) is 13.4. The van der Waals surface area contributed by atoms with Crippen LogP contribution >= 0.6 is 0 Å².